The molecule has 2 amide bonds. The monoisotopic (exact) mass is 464 g/mol. The van der Waals surface area contributed by atoms with Crippen LogP contribution in [0.4, 0.5) is 11.4 Å². The molecular formula is C20H21BrN2O4S. The lowest BCUT2D eigenvalue weighted by Crippen LogP contribution is -2.24. The van der Waals surface area contributed by atoms with Crippen molar-refractivity contribution in [3.63, 3.8) is 0 Å². The number of carbonyl (C=O) groups is 3. The topological polar surface area (TPSA) is 95.5 Å². The molecular weight excluding hydrogens is 444 g/mol. The van der Waals surface area contributed by atoms with E-state index in [0.717, 1.165) is 15.1 Å². The van der Waals surface area contributed by atoms with Gasteiger partial charge in [-0.15, -0.1) is 11.8 Å². The Labute approximate surface area is 176 Å². The number of anilines is 2. The van der Waals surface area contributed by atoms with Crippen LogP contribution in [0.5, 0.6) is 0 Å². The number of amides is 2. The third-order valence-corrected chi connectivity index (χ3v) is 5.62. The molecule has 0 aromatic heterocycles. The van der Waals surface area contributed by atoms with Gasteiger partial charge >= 0.3 is 5.97 Å². The normalized spacial score (nSPS) is 11.5. The highest BCUT2D eigenvalue weighted by molar-refractivity contribution is 9.10. The molecule has 0 saturated carbocycles. The number of thioether (sulfide) groups is 1. The van der Waals surface area contributed by atoms with Gasteiger partial charge in [0.25, 0.3) is 0 Å². The molecule has 0 radical (unpaired) electrons. The van der Waals surface area contributed by atoms with Crippen LogP contribution in [0.2, 0.25) is 0 Å². The third-order valence-electron chi connectivity index (χ3n) is 3.74. The number of nitrogens with one attached hydrogen (secondary N) is 2. The predicted octanol–water partition coefficient (Wildman–Crippen LogP) is 4.76. The minimum absolute atomic E-state index is 0.0834. The number of halogens is 1. The molecule has 0 heterocycles. The molecule has 2 aromatic rings. The zero-order chi connectivity index (χ0) is 20.5. The molecule has 0 saturated heterocycles. The highest BCUT2D eigenvalue weighted by atomic mass is 79.9. The molecule has 0 spiro atoms. The number of aliphatic carboxylic acids is 1. The molecule has 0 aliphatic heterocycles. The minimum Gasteiger partial charge on any atom is -0.481 e. The summed E-state index contributed by atoms with van der Waals surface area (Å²) in [5, 5.41) is 13.9. The smallest absolute Gasteiger partial charge is 0.303 e. The predicted molar refractivity (Wildman–Crippen MR) is 115 cm³/mol. The van der Waals surface area contributed by atoms with Crippen LogP contribution in [0.1, 0.15) is 26.2 Å². The highest BCUT2D eigenvalue weighted by Crippen LogP contribution is 2.28. The van der Waals surface area contributed by atoms with Gasteiger partial charge in [0.15, 0.2) is 0 Å². The number of rotatable bonds is 9. The first kappa shape index (κ1) is 22.0. The zero-order valence-corrected chi connectivity index (χ0v) is 17.7. The summed E-state index contributed by atoms with van der Waals surface area (Å²) >= 11 is 4.78. The van der Waals surface area contributed by atoms with Crippen molar-refractivity contribution in [2.75, 3.05) is 10.6 Å². The summed E-state index contributed by atoms with van der Waals surface area (Å²) in [4.78, 5) is 35.8. The van der Waals surface area contributed by atoms with Crippen molar-refractivity contribution in [3.8, 4) is 0 Å². The maximum Gasteiger partial charge on any atom is 0.303 e. The Morgan fingerprint density at radius 3 is 2.39 bits per heavy atom. The van der Waals surface area contributed by atoms with Gasteiger partial charge in [-0.05, 0) is 48.9 Å². The Hall–Kier alpha value is -2.32. The quantitative estimate of drug-likeness (QED) is 0.464. The first-order valence-corrected chi connectivity index (χ1v) is 10.4. The van der Waals surface area contributed by atoms with Gasteiger partial charge in [0.2, 0.25) is 11.8 Å². The third kappa shape index (κ3) is 7.36. The summed E-state index contributed by atoms with van der Waals surface area (Å²) in [5.74, 6) is -1.46. The summed E-state index contributed by atoms with van der Waals surface area (Å²) in [6.07, 6.45) is 0.344. The van der Waals surface area contributed by atoms with Crippen LogP contribution in [0.3, 0.4) is 0 Å². The van der Waals surface area contributed by atoms with Gasteiger partial charge in [0.1, 0.15) is 0 Å². The number of hydrogen-bond donors (Lipinski definition) is 3. The summed E-state index contributed by atoms with van der Waals surface area (Å²) in [6.45, 7) is 1.94. The molecule has 0 bridgehead atoms. The average Bonchev–Trinajstić information content (AvgIpc) is 2.66. The molecule has 3 N–H and O–H groups in total. The SMILES string of the molecule is CCC(Sc1cccc(NC(=O)CCC(=O)O)c1)C(=O)Nc1ccc(Br)cc1. The van der Waals surface area contributed by atoms with E-state index in [1.807, 2.05) is 37.3 Å². The van der Waals surface area contributed by atoms with E-state index in [-0.39, 0.29) is 29.9 Å². The van der Waals surface area contributed by atoms with Crippen molar-refractivity contribution in [2.45, 2.75) is 36.3 Å². The van der Waals surface area contributed by atoms with E-state index in [4.69, 9.17) is 5.11 Å². The van der Waals surface area contributed by atoms with Crippen LogP contribution in [0.15, 0.2) is 57.9 Å². The number of carboxylic acid groups (broad SMARTS) is 1. The van der Waals surface area contributed by atoms with Crippen LogP contribution in [-0.4, -0.2) is 28.1 Å². The number of carbonyl (C=O) groups excluding carboxylic acids is 2. The van der Waals surface area contributed by atoms with Crippen LogP contribution < -0.4 is 10.6 Å². The Kier molecular flexibility index (Phi) is 8.53. The second kappa shape index (κ2) is 10.9. The molecule has 28 heavy (non-hydrogen) atoms. The Bertz CT molecular complexity index is 842. The van der Waals surface area contributed by atoms with E-state index in [1.54, 1.807) is 18.2 Å². The molecule has 1 atom stereocenters. The average molecular weight is 465 g/mol. The number of carboxylic acids is 1. The fraction of sp³-hybridized carbons (Fsp3) is 0.250. The maximum absolute atomic E-state index is 12.6. The van der Waals surface area contributed by atoms with E-state index < -0.39 is 5.97 Å². The lowest BCUT2D eigenvalue weighted by molar-refractivity contribution is -0.138. The Balaban J connectivity index is 1.98. The van der Waals surface area contributed by atoms with Crippen molar-refractivity contribution in [2.24, 2.45) is 0 Å². The lowest BCUT2D eigenvalue weighted by atomic mass is 10.2. The molecule has 6 nitrogen and oxygen atoms in total. The van der Waals surface area contributed by atoms with Gasteiger partial charge in [0.05, 0.1) is 11.7 Å². The largest absolute Gasteiger partial charge is 0.481 e. The van der Waals surface area contributed by atoms with Crippen molar-refractivity contribution < 1.29 is 19.5 Å². The van der Waals surface area contributed by atoms with Crippen molar-refractivity contribution in [1.29, 1.82) is 0 Å². The van der Waals surface area contributed by atoms with Gasteiger partial charge in [-0.3, -0.25) is 14.4 Å². The number of hydrogen-bond acceptors (Lipinski definition) is 4. The Morgan fingerprint density at radius 1 is 1.04 bits per heavy atom. The van der Waals surface area contributed by atoms with Crippen LogP contribution in [0, 0.1) is 0 Å². The standard InChI is InChI=1S/C20H21BrN2O4S/c1-2-17(20(27)23-14-8-6-13(21)7-9-14)28-16-5-3-4-15(12-16)22-18(24)10-11-19(25)26/h3-9,12,17H,2,10-11H2,1H3,(H,22,24)(H,23,27)(H,25,26). The van der Waals surface area contributed by atoms with E-state index in [1.165, 1.54) is 11.8 Å². The van der Waals surface area contributed by atoms with E-state index in [0.29, 0.717) is 12.1 Å². The van der Waals surface area contributed by atoms with Crippen molar-refractivity contribution in [3.05, 3.63) is 53.0 Å². The van der Waals surface area contributed by atoms with E-state index >= 15 is 0 Å². The van der Waals surface area contributed by atoms with Crippen molar-refractivity contribution in [1.82, 2.24) is 0 Å². The first-order valence-electron chi connectivity index (χ1n) is 8.72. The molecule has 2 rings (SSSR count). The molecule has 0 aliphatic carbocycles. The lowest BCUT2D eigenvalue weighted by Gasteiger charge is -2.15. The molecule has 0 aliphatic rings. The fourth-order valence-corrected chi connectivity index (χ4v) is 3.61. The first-order chi connectivity index (χ1) is 13.4. The van der Waals surface area contributed by atoms with Crippen LogP contribution in [-0.2, 0) is 14.4 Å². The summed E-state index contributed by atoms with van der Waals surface area (Å²) < 4.78 is 0.939. The van der Waals surface area contributed by atoms with Crippen LogP contribution >= 0.6 is 27.7 Å². The minimum atomic E-state index is -1.01. The summed E-state index contributed by atoms with van der Waals surface area (Å²) in [6, 6.07) is 14.5. The summed E-state index contributed by atoms with van der Waals surface area (Å²) in [7, 11) is 0. The van der Waals surface area contributed by atoms with Gasteiger partial charge < -0.3 is 15.7 Å². The molecule has 2 aromatic carbocycles. The van der Waals surface area contributed by atoms with Crippen LogP contribution in [0.25, 0.3) is 0 Å². The summed E-state index contributed by atoms with van der Waals surface area (Å²) in [5.41, 5.74) is 1.30. The molecule has 8 heteroatoms. The van der Waals surface area contributed by atoms with Gasteiger partial charge in [-0.2, -0.15) is 0 Å². The molecule has 148 valence electrons. The van der Waals surface area contributed by atoms with E-state index in [2.05, 4.69) is 26.6 Å². The van der Waals surface area contributed by atoms with Gasteiger partial charge in [-0.25, -0.2) is 0 Å². The van der Waals surface area contributed by atoms with E-state index in [9.17, 15) is 14.4 Å². The molecule has 0 fully saturated rings. The fourth-order valence-electron chi connectivity index (χ4n) is 2.33. The maximum atomic E-state index is 12.6. The second-order valence-corrected chi connectivity index (χ2v) is 8.17. The highest BCUT2D eigenvalue weighted by Gasteiger charge is 2.18. The Morgan fingerprint density at radius 2 is 1.75 bits per heavy atom. The number of benzene rings is 2. The zero-order valence-electron chi connectivity index (χ0n) is 15.3. The van der Waals surface area contributed by atoms with Gasteiger partial charge in [0, 0.05) is 27.2 Å². The molecule has 1 unspecified atom stereocenters. The second-order valence-electron chi connectivity index (χ2n) is 5.98. The van der Waals surface area contributed by atoms with Crippen molar-refractivity contribution >= 4 is 56.9 Å². The van der Waals surface area contributed by atoms with Gasteiger partial charge in [-0.1, -0.05) is 28.9 Å².